The lowest BCUT2D eigenvalue weighted by atomic mass is 9.72. The van der Waals surface area contributed by atoms with Crippen LogP contribution in [-0.2, 0) is 0 Å². The van der Waals surface area contributed by atoms with Crippen LogP contribution in [0.3, 0.4) is 0 Å². The van der Waals surface area contributed by atoms with Crippen LogP contribution in [0.5, 0.6) is 5.75 Å². The van der Waals surface area contributed by atoms with Crippen LogP contribution < -0.4 is 4.74 Å². The summed E-state index contributed by atoms with van der Waals surface area (Å²) >= 11 is 0. The molecule has 0 saturated heterocycles. The summed E-state index contributed by atoms with van der Waals surface area (Å²) in [7, 11) is -0.0191. The van der Waals surface area contributed by atoms with Crippen molar-refractivity contribution in [2.75, 3.05) is 27.6 Å². The van der Waals surface area contributed by atoms with Gasteiger partial charge >= 0.3 is 0 Å². The van der Waals surface area contributed by atoms with E-state index in [1.165, 1.54) is 19.0 Å². The van der Waals surface area contributed by atoms with Crippen LogP contribution in [0.15, 0.2) is 24.2 Å². The Hall–Kier alpha value is -1.06. The minimum absolute atomic E-state index is 0.262. The summed E-state index contributed by atoms with van der Waals surface area (Å²) in [6.07, 6.45) is 2.70. The molecule has 0 bridgehead atoms. The zero-order valence-corrected chi connectivity index (χ0v) is 11.9. The molecule has 1 unspecified atom stereocenters. The highest BCUT2D eigenvalue weighted by Crippen LogP contribution is 2.40. The summed E-state index contributed by atoms with van der Waals surface area (Å²) in [5.74, 6) is -2.09. The summed E-state index contributed by atoms with van der Waals surface area (Å²) in [5, 5.41) is 11.4. The standard InChI is InChI=1S/C17H27NO2/c1-18(2)13-16(17(19)11-5-4-6-12-17)14-7-9-15(20-3)10-8-14/h7-10,16,19H,4-6,11-13H2,1-3H3/i3D3,7D,8D,9D,10D,13D2. The smallest absolute Gasteiger partial charge is 0.118 e. The van der Waals surface area contributed by atoms with Crippen LogP contribution in [0.4, 0.5) is 0 Å². The fraction of sp³-hybridized carbons (Fsp3) is 0.647. The van der Waals surface area contributed by atoms with Crippen molar-refractivity contribution in [3.8, 4) is 5.75 Å². The molecule has 3 nitrogen and oxygen atoms in total. The fourth-order valence-corrected chi connectivity index (χ4v) is 2.67. The number of ether oxygens (including phenoxy) is 1. The van der Waals surface area contributed by atoms with E-state index in [1.54, 1.807) is 0 Å². The van der Waals surface area contributed by atoms with Crippen molar-refractivity contribution in [1.29, 1.82) is 0 Å². The minimum Gasteiger partial charge on any atom is -0.497 e. The predicted molar refractivity (Wildman–Crippen MR) is 82.3 cm³/mol. The summed E-state index contributed by atoms with van der Waals surface area (Å²) < 4.78 is 76.6. The van der Waals surface area contributed by atoms with Crippen LogP contribution in [0.2, 0.25) is 0 Å². The van der Waals surface area contributed by atoms with Gasteiger partial charge in [-0.25, -0.2) is 0 Å². The third-order valence-electron chi connectivity index (χ3n) is 3.66. The van der Waals surface area contributed by atoms with Crippen molar-refractivity contribution >= 4 is 0 Å². The molecule has 1 N–H and O–H groups in total. The van der Waals surface area contributed by atoms with Crippen LogP contribution in [0.25, 0.3) is 0 Å². The zero-order valence-electron chi connectivity index (χ0n) is 20.9. The first-order chi connectivity index (χ1) is 13.1. The molecular weight excluding hydrogens is 250 g/mol. The average molecular weight is 286 g/mol. The van der Waals surface area contributed by atoms with Gasteiger partial charge in [0.15, 0.2) is 0 Å². The van der Waals surface area contributed by atoms with Crippen molar-refractivity contribution in [3.63, 3.8) is 0 Å². The summed E-state index contributed by atoms with van der Waals surface area (Å²) in [6, 6.07) is -2.65. The minimum atomic E-state index is -2.97. The SMILES string of the molecule is [2H]c1c([2H])c(C(C2(O)CCCCC2)C([2H])([2H])N(C)C)c([2H])c([2H])c1OC([2H])([2H])[2H]. The van der Waals surface area contributed by atoms with E-state index >= 15 is 0 Å². The lowest BCUT2D eigenvalue weighted by Gasteiger charge is -2.40. The van der Waals surface area contributed by atoms with E-state index in [9.17, 15) is 5.11 Å². The average Bonchev–Trinajstić information content (AvgIpc) is 2.60. The number of aliphatic hydroxyl groups is 1. The molecule has 1 aromatic carbocycles. The molecule has 112 valence electrons. The number of rotatable bonds is 5. The molecule has 1 aliphatic carbocycles. The second-order valence-electron chi connectivity index (χ2n) is 5.47. The maximum atomic E-state index is 11.4. The van der Waals surface area contributed by atoms with Crippen molar-refractivity contribution in [2.45, 2.75) is 43.6 Å². The largest absolute Gasteiger partial charge is 0.497 e. The van der Waals surface area contributed by atoms with E-state index in [0.29, 0.717) is 12.8 Å². The van der Waals surface area contributed by atoms with E-state index in [1.807, 2.05) is 0 Å². The van der Waals surface area contributed by atoms with Crippen molar-refractivity contribution in [1.82, 2.24) is 4.90 Å². The quantitative estimate of drug-likeness (QED) is 0.903. The molecule has 0 aromatic heterocycles. The number of hydrogen-bond donors (Lipinski definition) is 1. The molecule has 1 aliphatic rings. The Morgan fingerprint density at radius 3 is 2.55 bits per heavy atom. The van der Waals surface area contributed by atoms with Gasteiger partial charge < -0.3 is 14.7 Å². The van der Waals surface area contributed by atoms with Gasteiger partial charge in [-0.05, 0) is 44.6 Å². The van der Waals surface area contributed by atoms with E-state index in [0.717, 1.165) is 6.42 Å². The Kier molecular flexibility index (Phi) is 2.40. The third kappa shape index (κ3) is 3.53. The number of nitrogens with zero attached hydrogens (tertiary/aromatic N) is 1. The van der Waals surface area contributed by atoms with Gasteiger partial charge in [-0.3, -0.25) is 0 Å². The highest BCUT2D eigenvalue weighted by Gasteiger charge is 2.38. The zero-order chi connectivity index (χ0) is 22.4. The van der Waals surface area contributed by atoms with E-state index < -0.39 is 55.0 Å². The van der Waals surface area contributed by atoms with Crippen molar-refractivity contribution in [3.05, 3.63) is 29.7 Å². The Labute approximate surface area is 135 Å². The van der Waals surface area contributed by atoms with Crippen LogP contribution in [0.1, 0.15) is 55.9 Å². The molecule has 0 heterocycles. The summed E-state index contributed by atoms with van der Waals surface area (Å²) in [5.41, 5.74) is -1.84. The van der Waals surface area contributed by atoms with Gasteiger partial charge in [-0.2, -0.15) is 0 Å². The van der Waals surface area contributed by atoms with Crippen molar-refractivity contribution in [2.24, 2.45) is 0 Å². The van der Waals surface area contributed by atoms with Crippen LogP contribution in [0, 0.1) is 0 Å². The molecule has 1 aromatic rings. The van der Waals surface area contributed by atoms with Gasteiger partial charge in [0.05, 0.1) is 22.2 Å². The Morgan fingerprint density at radius 1 is 1.35 bits per heavy atom. The predicted octanol–water partition coefficient (Wildman–Crippen LogP) is 3.04. The van der Waals surface area contributed by atoms with E-state index in [4.69, 9.17) is 12.3 Å². The van der Waals surface area contributed by atoms with Crippen molar-refractivity contribution < 1.29 is 22.2 Å². The van der Waals surface area contributed by atoms with Gasteiger partial charge in [0.1, 0.15) is 5.75 Å². The van der Waals surface area contributed by atoms with Gasteiger partial charge in [0, 0.05) is 15.2 Å². The van der Waals surface area contributed by atoms with E-state index in [2.05, 4.69) is 4.74 Å². The molecule has 0 radical (unpaired) electrons. The molecule has 1 atom stereocenters. The van der Waals surface area contributed by atoms with Gasteiger partial charge in [0.2, 0.25) is 0 Å². The lowest BCUT2D eigenvalue weighted by molar-refractivity contribution is -0.0277. The number of benzene rings is 1. The molecular formula is C17H27NO2. The Balaban J connectivity index is 2.78. The van der Waals surface area contributed by atoms with E-state index in [-0.39, 0.29) is 18.4 Å². The molecule has 2 rings (SSSR count). The van der Waals surface area contributed by atoms with Gasteiger partial charge in [0.25, 0.3) is 0 Å². The maximum Gasteiger partial charge on any atom is 0.118 e. The molecule has 0 spiro atoms. The van der Waals surface area contributed by atoms with Gasteiger partial charge in [-0.15, -0.1) is 0 Å². The normalized spacial score (nSPS) is 27.7. The summed E-state index contributed by atoms with van der Waals surface area (Å²) in [4.78, 5) is 1.24. The number of hydrogen-bond acceptors (Lipinski definition) is 3. The third-order valence-corrected chi connectivity index (χ3v) is 3.66. The summed E-state index contributed by atoms with van der Waals surface area (Å²) in [6.45, 7) is -2.19. The number of methoxy groups -OCH3 is 1. The second-order valence-corrected chi connectivity index (χ2v) is 5.47. The molecule has 3 heteroatoms. The first-order valence-electron chi connectivity index (χ1n) is 11.3. The molecule has 20 heavy (non-hydrogen) atoms. The first-order valence-corrected chi connectivity index (χ1v) is 6.82. The van der Waals surface area contributed by atoms with Gasteiger partial charge in [-0.1, -0.05) is 31.3 Å². The Bertz CT molecular complexity index is 729. The van der Waals surface area contributed by atoms with Crippen LogP contribution in [-0.4, -0.2) is 43.2 Å². The topological polar surface area (TPSA) is 32.7 Å². The maximum absolute atomic E-state index is 11.4. The molecule has 1 saturated carbocycles. The number of likely N-dealkylation sites (N-methyl/N-ethyl adjacent to an activating group) is 1. The first kappa shape index (κ1) is 7.28. The monoisotopic (exact) mass is 286 g/mol. The highest BCUT2D eigenvalue weighted by molar-refractivity contribution is 5.31. The molecule has 1 fully saturated rings. The van der Waals surface area contributed by atoms with Crippen LogP contribution >= 0.6 is 0 Å². The molecule has 0 amide bonds. The highest BCUT2D eigenvalue weighted by atomic mass is 16.5. The fourth-order valence-electron chi connectivity index (χ4n) is 2.67. The molecule has 0 aliphatic heterocycles. The lowest BCUT2D eigenvalue weighted by Crippen LogP contribution is -2.42. The Morgan fingerprint density at radius 2 is 2.00 bits per heavy atom. The second kappa shape index (κ2) is 6.59.